The molecule has 0 bridgehead atoms. The van der Waals surface area contributed by atoms with Crippen molar-refractivity contribution < 1.29 is 14.0 Å². The van der Waals surface area contributed by atoms with E-state index >= 15 is 0 Å². The van der Waals surface area contributed by atoms with Gasteiger partial charge in [0.05, 0.1) is 6.26 Å². The Hall–Kier alpha value is -2.56. The number of rotatable bonds is 6. The Balaban J connectivity index is 1.48. The molecule has 2 aromatic rings. The molecule has 1 amide bonds. The normalized spacial score (nSPS) is 14.4. The lowest BCUT2D eigenvalue weighted by atomic mass is 10.1. The van der Waals surface area contributed by atoms with Crippen molar-refractivity contribution >= 4 is 23.1 Å². The molecule has 0 saturated carbocycles. The molecule has 2 heterocycles. The zero-order valence-electron chi connectivity index (χ0n) is 13.7. The van der Waals surface area contributed by atoms with E-state index in [2.05, 4.69) is 10.2 Å². The van der Waals surface area contributed by atoms with E-state index in [0.717, 1.165) is 18.8 Å². The van der Waals surface area contributed by atoms with Crippen LogP contribution in [-0.2, 0) is 4.79 Å². The van der Waals surface area contributed by atoms with Gasteiger partial charge in [-0.05, 0) is 55.7 Å². The highest BCUT2D eigenvalue weighted by molar-refractivity contribution is 5.98. The molecule has 126 valence electrons. The fourth-order valence-electron chi connectivity index (χ4n) is 2.92. The Bertz CT molecular complexity index is 671. The number of carbonyl (C=O) groups excluding carboxylic acids is 2. The lowest BCUT2D eigenvalue weighted by molar-refractivity contribution is -0.116. The Kier molecular flexibility index (Phi) is 5.31. The molecule has 3 rings (SSSR count). The fraction of sp³-hybridized carbons (Fsp3) is 0.368. The summed E-state index contributed by atoms with van der Waals surface area (Å²) < 4.78 is 5.03. The summed E-state index contributed by atoms with van der Waals surface area (Å²) in [6.45, 7) is 2.20. The SMILES string of the molecule is O=C(CCC(=O)c1ccco1)Nc1ccc(N2CCCCC2)cc1. The Morgan fingerprint density at radius 2 is 1.75 bits per heavy atom. The van der Waals surface area contributed by atoms with Gasteiger partial charge in [0.2, 0.25) is 5.91 Å². The summed E-state index contributed by atoms with van der Waals surface area (Å²) in [7, 11) is 0. The number of nitrogens with zero attached hydrogens (tertiary/aromatic N) is 1. The van der Waals surface area contributed by atoms with Crippen LogP contribution in [0, 0.1) is 0 Å². The van der Waals surface area contributed by atoms with Gasteiger partial charge < -0.3 is 14.6 Å². The predicted octanol–water partition coefficient (Wildman–Crippen LogP) is 3.87. The van der Waals surface area contributed by atoms with E-state index in [0.29, 0.717) is 5.76 Å². The monoisotopic (exact) mass is 326 g/mol. The van der Waals surface area contributed by atoms with Gasteiger partial charge >= 0.3 is 0 Å². The molecule has 0 unspecified atom stereocenters. The lowest BCUT2D eigenvalue weighted by Gasteiger charge is -2.28. The van der Waals surface area contributed by atoms with Gasteiger partial charge in [-0.15, -0.1) is 0 Å². The van der Waals surface area contributed by atoms with Crippen molar-refractivity contribution in [2.45, 2.75) is 32.1 Å². The van der Waals surface area contributed by atoms with E-state index in [1.807, 2.05) is 24.3 Å². The van der Waals surface area contributed by atoms with E-state index in [1.165, 1.54) is 31.2 Å². The van der Waals surface area contributed by atoms with E-state index in [9.17, 15) is 9.59 Å². The van der Waals surface area contributed by atoms with E-state index in [-0.39, 0.29) is 24.5 Å². The van der Waals surface area contributed by atoms with Gasteiger partial charge in [0.15, 0.2) is 11.5 Å². The Labute approximate surface area is 141 Å². The number of hydrogen-bond acceptors (Lipinski definition) is 4. The second kappa shape index (κ2) is 7.81. The van der Waals surface area contributed by atoms with Crippen LogP contribution < -0.4 is 10.2 Å². The maximum absolute atomic E-state index is 12.0. The fourth-order valence-corrected chi connectivity index (χ4v) is 2.92. The van der Waals surface area contributed by atoms with Crippen molar-refractivity contribution in [2.75, 3.05) is 23.3 Å². The van der Waals surface area contributed by atoms with Crippen LogP contribution in [-0.4, -0.2) is 24.8 Å². The number of Topliss-reactive ketones (excluding diaryl/α,β-unsaturated/α-hetero) is 1. The summed E-state index contributed by atoms with van der Waals surface area (Å²) in [4.78, 5) is 26.1. The molecule has 0 spiro atoms. The topological polar surface area (TPSA) is 62.6 Å². The number of carbonyl (C=O) groups is 2. The molecule has 1 aliphatic rings. The minimum absolute atomic E-state index is 0.144. The van der Waals surface area contributed by atoms with Crippen LogP contribution in [0.1, 0.15) is 42.7 Å². The van der Waals surface area contributed by atoms with E-state index in [4.69, 9.17) is 4.42 Å². The number of amides is 1. The molecule has 5 heteroatoms. The second-order valence-corrected chi connectivity index (χ2v) is 6.04. The maximum atomic E-state index is 12.0. The van der Waals surface area contributed by atoms with Crippen molar-refractivity contribution in [3.63, 3.8) is 0 Å². The number of hydrogen-bond donors (Lipinski definition) is 1. The van der Waals surface area contributed by atoms with Crippen LogP contribution in [0.5, 0.6) is 0 Å². The van der Waals surface area contributed by atoms with Crippen molar-refractivity contribution in [1.29, 1.82) is 0 Å². The van der Waals surface area contributed by atoms with Crippen molar-refractivity contribution in [2.24, 2.45) is 0 Å². The van der Waals surface area contributed by atoms with Gasteiger partial charge in [0, 0.05) is 37.3 Å². The molecule has 1 aliphatic heterocycles. The predicted molar refractivity (Wildman–Crippen MR) is 93.4 cm³/mol. The summed E-state index contributed by atoms with van der Waals surface area (Å²) in [5.74, 6) is -0.0232. The third-order valence-corrected chi connectivity index (χ3v) is 4.25. The quantitative estimate of drug-likeness (QED) is 0.819. The van der Waals surface area contributed by atoms with E-state index < -0.39 is 0 Å². The summed E-state index contributed by atoms with van der Waals surface area (Å²) >= 11 is 0. The average Bonchev–Trinajstić information content (AvgIpc) is 3.16. The van der Waals surface area contributed by atoms with Crippen LogP contribution in [0.25, 0.3) is 0 Å². The molecule has 1 aromatic carbocycles. The van der Waals surface area contributed by atoms with Gasteiger partial charge in [-0.1, -0.05) is 0 Å². The molecule has 1 saturated heterocycles. The first-order chi connectivity index (χ1) is 11.7. The molecule has 0 radical (unpaired) electrons. The maximum Gasteiger partial charge on any atom is 0.224 e. The number of benzene rings is 1. The first-order valence-electron chi connectivity index (χ1n) is 8.44. The largest absolute Gasteiger partial charge is 0.461 e. The second-order valence-electron chi connectivity index (χ2n) is 6.04. The summed E-state index contributed by atoms with van der Waals surface area (Å²) in [5.41, 5.74) is 1.95. The third kappa shape index (κ3) is 4.25. The van der Waals surface area contributed by atoms with Crippen molar-refractivity contribution in [1.82, 2.24) is 0 Å². The molecular weight excluding hydrogens is 304 g/mol. The molecule has 0 aliphatic carbocycles. The van der Waals surface area contributed by atoms with Crippen LogP contribution in [0.3, 0.4) is 0 Å². The summed E-state index contributed by atoms with van der Waals surface area (Å²) in [6, 6.07) is 11.2. The zero-order chi connectivity index (χ0) is 16.8. The van der Waals surface area contributed by atoms with Gasteiger partial charge in [0.25, 0.3) is 0 Å². The molecule has 1 N–H and O–H groups in total. The van der Waals surface area contributed by atoms with Crippen LogP contribution in [0.4, 0.5) is 11.4 Å². The Morgan fingerprint density at radius 1 is 1.00 bits per heavy atom. The van der Waals surface area contributed by atoms with Gasteiger partial charge in [0.1, 0.15) is 0 Å². The molecule has 24 heavy (non-hydrogen) atoms. The third-order valence-electron chi connectivity index (χ3n) is 4.25. The smallest absolute Gasteiger partial charge is 0.224 e. The van der Waals surface area contributed by atoms with Crippen LogP contribution in [0.15, 0.2) is 47.1 Å². The Morgan fingerprint density at radius 3 is 2.42 bits per heavy atom. The number of piperidine rings is 1. The highest BCUT2D eigenvalue weighted by atomic mass is 16.3. The molecular formula is C19H22N2O3. The van der Waals surface area contributed by atoms with E-state index in [1.54, 1.807) is 12.1 Å². The molecule has 1 aromatic heterocycles. The minimum atomic E-state index is -0.166. The lowest BCUT2D eigenvalue weighted by Crippen LogP contribution is -2.29. The van der Waals surface area contributed by atoms with Crippen LogP contribution >= 0.6 is 0 Å². The highest BCUT2D eigenvalue weighted by Gasteiger charge is 2.13. The van der Waals surface area contributed by atoms with Crippen molar-refractivity contribution in [3.8, 4) is 0 Å². The first kappa shape index (κ1) is 16.3. The van der Waals surface area contributed by atoms with Crippen LogP contribution in [0.2, 0.25) is 0 Å². The number of furan rings is 1. The standard InChI is InChI=1S/C19H22N2O3/c22-17(18-5-4-14-24-18)10-11-19(23)20-15-6-8-16(9-7-15)21-12-2-1-3-13-21/h4-9,14H,1-3,10-13H2,(H,20,23). The molecule has 1 fully saturated rings. The number of nitrogens with one attached hydrogen (secondary N) is 1. The van der Waals surface area contributed by atoms with Crippen molar-refractivity contribution in [3.05, 3.63) is 48.4 Å². The summed E-state index contributed by atoms with van der Waals surface area (Å²) in [5, 5.41) is 2.83. The van der Waals surface area contributed by atoms with Gasteiger partial charge in [-0.25, -0.2) is 0 Å². The summed E-state index contributed by atoms with van der Waals surface area (Å²) in [6.07, 6.45) is 5.53. The first-order valence-corrected chi connectivity index (χ1v) is 8.44. The molecule has 0 atom stereocenters. The molecule has 5 nitrogen and oxygen atoms in total. The zero-order valence-corrected chi connectivity index (χ0v) is 13.7. The number of anilines is 2. The minimum Gasteiger partial charge on any atom is -0.461 e. The average molecular weight is 326 g/mol. The number of ketones is 1. The van der Waals surface area contributed by atoms with Gasteiger partial charge in [-0.3, -0.25) is 9.59 Å². The highest BCUT2D eigenvalue weighted by Crippen LogP contribution is 2.22. The van der Waals surface area contributed by atoms with Gasteiger partial charge in [-0.2, -0.15) is 0 Å².